The van der Waals surface area contributed by atoms with Crippen LogP contribution in [-0.2, 0) is 9.59 Å². The average molecular weight is 414 g/mol. The minimum atomic E-state index is -2.96. The monoisotopic (exact) mass is 414 g/mol. The molecule has 0 radical (unpaired) electrons. The van der Waals surface area contributed by atoms with Gasteiger partial charge in [0.05, 0.1) is 13.0 Å². The number of nitrogens with zero attached hydrogens (tertiary/aromatic N) is 1. The summed E-state index contributed by atoms with van der Waals surface area (Å²) in [5, 5.41) is 2.91. The zero-order valence-corrected chi connectivity index (χ0v) is 16.8. The second-order valence-electron chi connectivity index (χ2n) is 6.26. The van der Waals surface area contributed by atoms with E-state index in [0.717, 1.165) is 6.42 Å². The highest BCUT2D eigenvalue weighted by molar-refractivity contribution is 7.99. The van der Waals surface area contributed by atoms with Crippen molar-refractivity contribution in [3.05, 3.63) is 29.8 Å². The van der Waals surface area contributed by atoms with Crippen molar-refractivity contribution >= 4 is 29.7 Å². The van der Waals surface area contributed by atoms with E-state index in [9.17, 15) is 18.4 Å². The Morgan fingerprint density at radius 2 is 2.14 bits per heavy atom. The molecule has 0 unspecified atom stereocenters. The van der Waals surface area contributed by atoms with Crippen LogP contribution in [0.2, 0.25) is 0 Å². The minimum Gasteiger partial charge on any atom is -0.493 e. The summed E-state index contributed by atoms with van der Waals surface area (Å²) in [6, 6.07) is 3.92. The largest absolute Gasteiger partial charge is 0.493 e. The molecule has 1 aliphatic rings. The molecule has 6 nitrogen and oxygen atoms in total. The predicted octanol–water partition coefficient (Wildman–Crippen LogP) is 3.13. The van der Waals surface area contributed by atoms with Crippen LogP contribution in [0, 0.1) is 0 Å². The third-order valence-corrected chi connectivity index (χ3v) is 5.30. The van der Waals surface area contributed by atoms with Gasteiger partial charge in [-0.3, -0.25) is 9.59 Å². The van der Waals surface area contributed by atoms with Gasteiger partial charge >= 0.3 is 6.61 Å². The Hall–Kier alpha value is -2.29. The van der Waals surface area contributed by atoms with Crippen molar-refractivity contribution in [3.63, 3.8) is 0 Å². The third-order valence-electron chi connectivity index (χ3n) is 4.29. The van der Waals surface area contributed by atoms with Crippen LogP contribution in [0.5, 0.6) is 11.5 Å². The summed E-state index contributed by atoms with van der Waals surface area (Å²) in [6.45, 7) is 0.940. The Kier molecular flexibility index (Phi) is 8.10. The van der Waals surface area contributed by atoms with Crippen molar-refractivity contribution in [2.75, 3.05) is 18.7 Å². The molecular formula is C19H24F2N2O4S. The molecule has 0 spiro atoms. The van der Waals surface area contributed by atoms with Crippen LogP contribution in [-0.4, -0.2) is 54.1 Å². The van der Waals surface area contributed by atoms with Gasteiger partial charge in [0, 0.05) is 17.9 Å². The van der Waals surface area contributed by atoms with E-state index in [2.05, 4.69) is 10.1 Å². The fraction of sp³-hybridized carbons (Fsp3) is 0.474. The first kappa shape index (κ1) is 22.0. The van der Waals surface area contributed by atoms with E-state index in [1.165, 1.54) is 48.0 Å². The van der Waals surface area contributed by atoms with Gasteiger partial charge in [-0.2, -0.15) is 8.78 Å². The third kappa shape index (κ3) is 5.85. The van der Waals surface area contributed by atoms with E-state index in [1.54, 1.807) is 6.08 Å². The van der Waals surface area contributed by atoms with Crippen molar-refractivity contribution in [1.29, 1.82) is 0 Å². The first-order chi connectivity index (χ1) is 13.3. The second-order valence-corrected chi connectivity index (χ2v) is 7.26. The molecule has 28 heavy (non-hydrogen) atoms. The van der Waals surface area contributed by atoms with Crippen LogP contribution in [0.1, 0.15) is 25.8 Å². The molecule has 1 N–H and O–H groups in total. The Bertz CT molecular complexity index is 730. The van der Waals surface area contributed by atoms with E-state index < -0.39 is 12.7 Å². The minimum absolute atomic E-state index is 0.0482. The molecule has 0 aromatic heterocycles. The number of ether oxygens (including phenoxy) is 2. The maximum Gasteiger partial charge on any atom is 0.387 e. The number of carbonyl (C=O) groups is 2. The van der Waals surface area contributed by atoms with E-state index in [0.29, 0.717) is 17.2 Å². The molecule has 2 rings (SSSR count). The topological polar surface area (TPSA) is 67.9 Å². The van der Waals surface area contributed by atoms with E-state index in [-0.39, 0.29) is 29.4 Å². The molecule has 0 bridgehead atoms. The van der Waals surface area contributed by atoms with Crippen molar-refractivity contribution in [3.8, 4) is 11.5 Å². The van der Waals surface area contributed by atoms with Crippen molar-refractivity contribution < 1.29 is 27.8 Å². The van der Waals surface area contributed by atoms with Gasteiger partial charge in [-0.1, -0.05) is 13.0 Å². The number of thioether (sulfide) groups is 1. The number of amides is 2. The molecule has 1 heterocycles. The van der Waals surface area contributed by atoms with Gasteiger partial charge in [-0.15, -0.1) is 11.8 Å². The summed E-state index contributed by atoms with van der Waals surface area (Å²) in [5.74, 6) is 0.593. The highest BCUT2D eigenvalue weighted by Gasteiger charge is 2.33. The lowest BCUT2D eigenvalue weighted by Crippen LogP contribution is -2.48. The molecule has 2 atom stereocenters. The highest BCUT2D eigenvalue weighted by Crippen LogP contribution is 2.30. The number of hydrogen-bond donors (Lipinski definition) is 1. The molecule has 9 heteroatoms. The normalized spacial score (nSPS) is 17.8. The average Bonchev–Trinajstić information content (AvgIpc) is 3.16. The molecule has 0 aliphatic carbocycles. The van der Waals surface area contributed by atoms with Crippen LogP contribution in [0.4, 0.5) is 8.78 Å². The summed E-state index contributed by atoms with van der Waals surface area (Å²) in [6.07, 6.45) is 3.72. The summed E-state index contributed by atoms with van der Waals surface area (Å²) in [4.78, 5) is 26.4. The number of alkyl halides is 2. The molecule has 1 aromatic carbocycles. The van der Waals surface area contributed by atoms with Gasteiger partial charge < -0.3 is 19.7 Å². The van der Waals surface area contributed by atoms with Gasteiger partial charge in [-0.25, -0.2) is 0 Å². The number of benzene rings is 1. The molecular weight excluding hydrogens is 390 g/mol. The van der Waals surface area contributed by atoms with E-state index in [1.807, 2.05) is 13.8 Å². The Labute approximate surface area is 167 Å². The lowest BCUT2D eigenvalue weighted by molar-refractivity contribution is -0.135. The first-order valence-corrected chi connectivity index (χ1v) is 10.0. The fourth-order valence-corrected chi connectivity index (χ4v) is 3.73. The number of hydrogen-bond acceptors (Lipinski definition) is 5. The Morgan fingerprint density at radius 1 is 1.39 bits per heavy atom. The molecule has 154 valence electrons. The summed E-state index contributed by atoms with van der Waals surface area (Å²) in [7, 11) is 1.34. The summed E-state index contributed by atoms with van der Waals surface area (Å²) in [5.41, 5.74) is 0.583. The highest BCUT2D eigenvalue weighted by atomic mass is 32.2. The van der Waals surface area contributed by atoms with Crippen LogP contribution >= 0.6 is 11.8 Å². The maximum absolute atomic E-state index is 12.5. The van der Waals surface area contributed by atoms with Crippen molar-refractivity contribution in [2.24, 2.45) is 0 Å². The van der Waals surface area contributed by atoms with Crippen LogP contribution in [0.3, 0.4) is 0 Å². The number of halogens is 2. The molecule has 1 aliphatic heterocycles. The zero-order valence-electron chi connectivity index (χ0n) is 16.0. The number of methoxy groups -OCH3 is 1. The summed E-state index contributed by atoms with van der Waals surface area (Å²) >= 11 is 1.52. The number of nitrogens with one attached hydrogen (secondary N) is 1. The van der Waals surface area contributed by atoms with Gasteiger partial charge in [0.1, 0.15) is 6.04 Å². The maximum atomic E-state index is 12.5. The fourth-order valence-electron chi connectivity index (χ4n) is 2.56. The van der Waals surface area contributed by atoms with Gasteiger partial charge in [0.15, 0.2) is 11.5 Å². The Morgan fingerprint density at radius 3 is 2.79 bits per heavy atom. The Balaban J connectivity index is 2.06. The van der Waals surface area contributed by atoms with Crippen molar-refractivity contribution in [1.82, 2.24) is 10.2 Å². The van der Waals surface area contributed by atoms with Crippen molar-refractivity contribution in [2.45, 2.75) is 39.0 Å². The van der Waals surface area contributed by atoms with Crippen LogP contribution in [0.25, 0.3) is 6.08 Å². The van der Waals surface area contributed by atoms with Gasteiger partial charge in [0.2, 0.25) is 11.8 Å². The first-order valence-electron chi connectivity index (χ1n) is 8.85. The van der Waals surface area contributed by atoms with Crippen LogP contribution in [0.15, 0.2) is 24.3 Å². The second kappa shape index (κ2) is 10.3. The lowest BCUT2D eigenvalue weighted by Gasteiger charge is -2.23. The molecule has 0 saturated carbocycles. The standard InChI is InChI=1S/C19H24F2N2O4S/c1-4-12(2)22-18(25)14-10-28-11-23(14)17(24)8-6-13-5-7-15(27-19(20)21)16(9-13)26-3/h5-9,12,14,19H,4,10-11H2,1-3H3,(H,22,25)/b8-6+/t12-,14+/m0/s1. The molecule has 2 amide bonds. The van der Waals surface area contributed by atoms with Crippen LogP contribution < -0.4 is 14.8 Å². The molecule has 1 aromatic rings. The lowest BCUT2D eigenvalue weighted by atomic mass is 10.1. The van der Waals surface area contributed by atoms with Gasteiger partial charge in [-0.05, 0) is 37.1 Å². The van der Waals surface area contributed by atoms with E-state index >= 15 is 0 Å². The smallest absolute Gasteiger partial charge is 0.387 e. The number of rotatable bonds is 8. The predicted molar refractivity (Wildman–Crippen MR) is 105 cm³/mol. The molecule has 1 fully saturated rings. The van der Waals surface area contributed by atoms with Gasteiger partial charge in [0.25, 0.3) is 0 Å². The number of carbonyl (C=O) groups excluding carboxylic acids is 2. The summed E-state index contributed by atoms with van der Waals surface area (Å²) < 4.78 is 34.2. The molecule has 1 saturated heterocycles. The van der Waals surface area contributed by atoms with E-state index in [4.69, 9.17) is 4.74 Å². The zero-order chi connectivity index (χ0) is 20.7. The SMILES string of the molecule is CC[C@H](C)NC(=O)[C@H]1CSCN1C(=O)/C=C/c1ccc(OC(F)F)c(OC)c1. The quantitative estimate of drug-likeness (QED) is 0.662.